The summed E-state index contributed by atoms with van der Waals surface area (Å²) in [7, 11) is 0. The van der Waals surface area contributed by atoms with Crippen molar-refractivity contribution < 1.29 is 4.79 Å². The van der Waals surface area contributed by atoms with E-state index in [0.29, 0.717) is 15.7 Å². The molecule has 3 nitrogen and oxygen atoms in total. The molecule has 1 aliphatic rings. The van der Waals surface area contributed by atoms with E-state index < -0.39 is 0 Å². The van der Waals surface area contributed by atoms with Crippen LogP contribution in [-0.4, -0.2) is 9.49 Å². The third-order valence-electron chi connectivity index (χ3n) is 3.98. The Kier molecular flexibility index (Phi) is 7.30. The van der Waals surface area contributed by atoms with Crippen LogP contribution in [0.2, 0.25) is 10.0 Å². The first-order chi connectivity index (χ1) is 13.1. The molecule has 0 saturated carbocycles. The minimum Gasteiger partial charge on any atom is -0.382 e. The molecule has 3 rings (SSSR count). The van der Waals surface area contributed by atoms with Gasteiger partial charge in [0.25, 0.3) is 0 Å². The standard InChI is InChI=1S/C20H18Cl2N2OS2/c1-2-17(14-8-9-15(21)16(22)10-14)23-11-18-19(25)27-20(24-18)26-12-13-6-4-3-5-7-13/h3-11,17,23H,2,12H2,1H3/b18-11+. The number of hydrogen-bond donors (Lipinski definition) is 1. The van der Waals surface area contributed by atoms with Crippen molar-refractivity contribution in [1.82, 2.24) is 5.32 Å². The van der Waals surface area contributed by atoms with E-state index in [1.54, 1.807) is 24.0 Å². The van der Waals surface area contributed by atoms with Crippen molar-refractivity contribution in [3.05, 3.63) is 81.6 Å². The molecule has 1 N–H and O–H groups in total. The first kappa shape index (κ1) is 20.3. The van der Waals surface area contributed by atoms with Gasteiger partial charge in [0.2, 0.25) is 5.12 Å². The van der Waals surface area contributed by atoms with Gasteiger partial charge < -0.3 is 5.32 Å². The van der Waals surface area contributed by atoms with Crippen LogP contribution < -0.4 is 5.32 Å². The van der Waals surface area contributed by atoms with Crippen molar-refractivity contribution in [3.8, 4) is 0 Å². The van der Waals surface area contributed by atoms with Crippen molar-refractivity contribution in [2.75, 3.05) is 0 Å². The fourth-order valence-corrected chi connectivity index (χ4v) is 4.63. The highest BCUT2D eigenvalue weighted by atomic mass is 35.5. The van der Waals surface area contributed by atoms with Crippen LogP contribution in [-0.2, 0) is 10.5 Å². The molecule has 1 atom stereocenters. The number of rotatable bonds is 6. The molecule has 2 aromatic carbocycles. The van der Waals surface area contributed by atoms with Crippen molar-refractivity contribution >= 4 is 56.2 Å². The zero-order valence-electron chi connectivity index (χ0n) is 14.6. The predicted molar refractivity (Wildman–Crippen MR) is 118 cm³/mol. The minimum absolute atomic E-state index is 0.0290. The molecular formula is C20H18Cl2N2OS2. The second kappa shape index (κ2) is 9.69. The quantitative estimate of drug-likeness (QED) is 0.528. The van der Waals surface area contributed by atoms with Crippen LogP contribution in [0.4, 0.5) is 0 Å². The smallest absolute Gasteiger partial charge is 0.245 e. The van der Waals surface area contributed by atoms with E-state index in [0.717, 1.165) is 22.1 Å². The van der Waals surface area contributed by atoms with E-state index in [1.165, 1.54) is 17.3 Å². The fourth-order valence-electron chi connectivity index (χ4n) is 2.53. The number of hydrogen-bond acceptors (Lipinski definition) is 5. The molecule has 0 saturated heterocycles. The number of nitrogens with zero attached hydrogens (tertiary/aromatic N) is 1. The Labute approximate surface area is 177 Å². The second-order valence-corrected chi connectivity index (χ2v) is 8.87. The molecule has 7 heteroatoms. The van der Waals surface area contributed by atoms with E-state index in [4.69, 9.17) is 23.2 Å². The summed E-state index contributed by atoms with van der Waals surface area (Å²) >= 11 is 14.9. The number of halogens is 2. The molecule has 2 aromatic rings. The van der Waals surface area contributed by atoms with Crippen LogP contribution in [0.1, 0.15) is 30.5 Å². The molecule has 1 heterocycles. The molecule has 0 spiro atoms. The van der Waals surface area contributed by atoms with E-state index >= 15 is 0 Å². The van der Waals surface area contributed by atoms with E-state index in [2.05, 4.69) is 29.4 Å². The molecule has 0 fully saturated rings. The number of nitrogens with one attached hydrogen (secondary N) is 1. The molecule has 27 heavy (non-hydrogen) atoms. The van der Waals surface area contributed by atoms with Crippen molar-refractivity contribution in [3.63, 3.8) is 0 Å². The highest BCUT2D eigenvalue weighted by Gasteiger charge is 2.23. The van der Waals surface area contributed by atoms with E-state index in [9.17, 15) is 4.79 Å². The van der Waals surface area contributed by atoms with Crippen LogP contribution in [0.25, 0.3) is 0 Å². The van der Waals surface area contributed by atoms with Crippen LogP contribution in [0, 0.1) is 0 Å². The summed E-state index contributed by atoms with van der Waals surface area (Å²) in [6, 6.07) is 15.7. The van der Waals surface area contributed by atoms with Gasteiger partial charge in [0.1, 0.15) is 10.1 Å². The minimum atomic E-state index is -0.0398. The van der Waals surface area contributed by atoms with Gasteiger partial charge in [-0.25, -0.2) is 4.99 Å². The van der Waals surface area contributed by atoms with Crippen LogP contribution in [0.15, 0.2) is 65.4 Å². The molecule has 0 bridgehead atoms. The largest absolute Gasteiger partial charge is 0.382 e. The maximum absolute atomic E-state index is 12.2. The summed E-state index contributed by atoms with van der Waals surface area (Å²) in [6.45, 7) is 2.06. The van der Waals surface area contributed by atoms with Crippen molar-refractivity contribution in [1.29, 1.82) is 0 Å². The van der Waals surface area contributed by atoms with Crippen LogP contribution >= 0.6 is 46.7 Å². The van der Waals surface area contributed by atoms with Crippen LogP contribution in [0.5, 0.6) is 0 Å². The Bertz CT molecular complexity index is 885. The summed E-state index contributed by atoms with van der Waals surface area (Å²) in [6.07, 6.45) is 2.53. The lowest BCUT2D eigenvalue weighted by atomic mass is 10.0. The molecule has 140 valence electrons. The Hall–Kier alpha value is -1.40. The van der Waals surface area contributed by atoms with Crippen LogP contribution in [0.3, 0.4) is 0 Å². The third-order valence-corrected chi connectivity index (χ3v) is 6.80. The monoisotopic (exact) mass is 436 g/mol. The highest BCUT2D eigenvalue weighted by molar-refractivity contribution is 8.45. The number of thioether (sulfide) groups is 2. The maximum Gasteiger partial charge on any atom is 0.245 e. The average molecular weight is 437 g/mol. The Morgan fingerprint density at radius 2 is 1.96 bits per heavy atom. The number of benzene rings is 2. The molecule has 1 aliphatic heterocycles. The summed E-state index contributed by atoms with van der Waals surface area (Å²) in [4.78, 5) is 16.7. The van der Waals surface area contributed by atoms with Gasteiger partial charge in [0, 0.05) is 12.0 Å². The number of carbonyl (C=O) groups excluding carboxylic acids is 1. The molecule has 0 amide bonds. The molecule has 0 aliphatic carbocycles. The second-order valence-electron chi connectivity index (χ2n) is 5.87. The van der Waals surface area contributed by atoms with Gasteiger partial charge in [-0.05, 0) is 41.4 Å². The lowest BCUT2D eigenvalue weighted by Gasteiger charge is -2.16. The lowest BCUT2D eigenvalue weighted by Crippen LogP contribution is -2.15. The number of carbonyl (C=O) groups is 1. The topological polar surface area (TPSA) is 41.5 Å². The van der Waals surface area contributed by atoms with Gasteiger partial charge in [0.15, 0.2) is 0 Å². The maximum atomic E-state index is 12.2. The Morgan fingerprint density at radius 1 is 1.19 bits per heavy atom. The van der Waals surface area contributed by atoms with Gasteiger partial charge in [-0.15, -0.1) is 0 Å². The van der Waals surface area contributed by atoms with Crippen molar-refractivity contribution in [2.24, 2.45) is 4.99 Å². The molecule has 0 aromatic heterocycles. The molecule has 0 radical (unpaired) electrons. The summed E-state index contributed by atoms with van der Waals surface area (Å²) < 4.78 is 0.777. The zero-order valence-corrected chi connectivity index (χ0v) is 17.8. The summed E-state index contributed by atoms with van der Waals surface area (Å²) in [5.74, 6) is 0.793. The fraction of sp³-hybridized carbons (Fsp3) is 0.200. The van der Waals surface area contributed by atoms with E-state index in [-0.39, 0.29) is 11.2 Å². The molecular weight excluding hydrogens is 419 g/mol. The number of aliphatic imine (C=N–C) groups is 1. The van der Waals surface area contributed by atoms with Gasteiger partial charge in [-0.2, -0.15) is 0 Å². The van der Waals surface area contributed by atoms with E-state index in [1.807, 2.05) is 30.3 Å². The first-order valence-corrected chi connectivity index (χ1v) is 11.0. The Balaban J connectivity index is 1.65. The normalized spacial score (nSPS) is 16.5. The van der Waals surface area contributed by atoms with Gasteiger partial charge >= 0.3 is 0 Å². The molecule has 1 unspecified atom stereocenters. The third kappa shape index (κ3) is 5.55. The summed E-state index contributed by atoms with van der Waals surface area (Å²) in [5, 5.41) is 4.29. The van der Waals surface area contributed by atoms with Gasteiger partial charge in [-0.3, -0.25) is 4.79 Å². The Morgan fingerprint density at radius 3 is 2.67 bits per heavy atom. The SMILES string of the molecule is CCC(N/C=C1/N=C(SCc2ccccc2)SC1=O)c1ccc(Cl)c(Cl)c1. The summed E-state index contributed by atoms with van der Waals surface area (Å²) in [5.41, 5.74) is 2.66. The zero-order chi connectivity index (χ0) is 19.2. The lowest BCUT2D eigenvalue weighted by molar-refractivity contribution is -0.107. The average Bonchev–Trinajstić information content (AvgIpc) is 3.04. The van der Waals surface area contributed by atoms with Gasteiger partial charge in [-0.1, -0.05) is 78.3 Å². The van der Waals surface area contributed by atoms with Gasteiger partial charge in [0.05, 0.1) is 16.1 Å². The highest BCUT2D eigenvalue weighted by Crippen LogP contribution is 2.32. The van der Waals surface area contributed by atoms with Crippen molar-refractivity contribution in [2.45, 2.75) is 25.1 Å². The predicted octanol–water partition coefficient (Wildman–Crippen LogP) is 6.44. The first-order valence-electron chi connectivity index (χ1n) is 8.45.